The Labute approximate surface area is 125 Å². The fourth-order valence-electron chi connectivity index (χ4n) is 2.91. The zero-order chi connectivity index (χ0) is 14.7. The first-order valence-electron chi connectivity index (χ1n) is 7.07. The van der Waals surface area contributed by atoms with Crippen LogP contribution in [0.25, 0.3) is 0 Å². The number of primary amides is 1. The maximum Gasteiger partial charge on any atom is 0.221 e. The van der Waals surface area contributed by atoms with E-state index < -0.39 is 0 Å². The third-order valence-corrected chi connectivity index (χ3v) is 4.32. The lowest BCUT2D eigenvalue weighted by atomic mass is 9.96. The van der Waals surface area contributed by atoms with Gasteiger partial charge in [0.25, 0.3) is 0 Å². The number of nitrogens with zero attached hydrogens (tertiary/aromatic N) is 1. The Kier molecular flexibility index (Phi) is 5.02. The van der Waals surface area contributed by atoms with Gasteiger partial charge >= 0.3 is 0 Å². The molecule has 1 aliphatic heterocycles. The van der Waals surface area contributed by atoms with Crippen LogP contribution in [0.3, 0.4) is 0 Å². The molecule has 0 saturated carbocycles. The van der Waals surface area contributed by atoms with Gasteiger partial charge in [-0.2, -0.15) is 0 Å². The van der Waals surface area contributed by atoms with Gasteiger partial charge in [-0.25, -0.2) is 0 Å². The summed E-state index contributed by atoms with van der Waals surface area (Å²) >= 11 is 6.09. The van der Waals surface area contributed by atoms with Crippen molar-refractivity contribution in [1.29, 1.82) is 0 Å². The maximum atomic E-state index is 11.3. The van der Waals surface area contributed by atoms with Gasteiger partial charge in [0.05, 0.1) is 5.92 Å². The van der Waals surface area contributed by atoms with Gasteiger partial charge in [0.15, 0.2) is 0 Å². The molecule has 110 valence electrons. The molecule has 4 nitrogen and oxygen atoms in total. The third kappa shape index (κ3) is 3.32. The first-order valence-corrected chi connectivity index (χ1v) is 7.45. The summed E-state index contributed by atoms with van der Waals surface area (Å²) < 4.78 is 0. The van der Waals surface area contributed by atoms with E-state index in [4.69, 9.17) is 23.1 Å². The molecule has 1 aromatic rings. The van der Waals surface area contributed by atoms with Crippen molar-refractivity contribution in [2.75, 3.05) is 13.1 Å². The van der Waals surface area contributed by atoms with Crippen molar-refractivity contribution >= 4 is 17.5 Å². The molecule has 0 aromatic heterocycles. The largest absolute Gasteiger partial charge is 0.369 e. The summed E-state index contributed by atoms with van der Waals surface area (Å²) in [5, 5.41) is 0.710. The standard InChI is InChI=1S/C15H22ClN3O/c1-2-13(17)14(10-4-3-5-12(16)8-10)19-7-6-11(9-19)15(18)20/h3-5,8,11,13-14H,2,6-7,9,17H2,1H3,(H2,18,20). The zero-order valence-corrected chi connectivity index (χ0v) is 12.5. The van der Waals surface area contributed by atoms with Gasteiger partial charge in [-0.15, -0.1) is 0 Å². The summed E-state index contributed by atoms with van der Waals surface area (Å²) in [4.78, 5) is 13.6. The molecule has 3 atom stereocenters. The lowest BCUT2D eigenvalue weighted by molar-refractivity contribution is -0.121. The molecule has 1 fully saturated rings. The van der Waals surface area contributed by atoms with E-state index in [2.05, 4.69) is 11.8 Å². The summed E-state index contributed by atoms with van der Waals surface area (Å²) in [6.45, 7) is 3.60. The summed E-state index contributed by atoms with van der Waals surface area (Å²) in [5.74, 6) is -0.289. The quantitative estimate of drug-likeness (QED) is 0.872. The van der Waals surface area contributed by atoms with Gasteiger partial charge in [0, 0.05) is 23.7 Å². The summed E-state index contributed by atoms with van der Waals surface area (Å²) in [7, 11) is 0. The number of benzene rings is 1. The van der Waals surface area contributed by atoms with Crippen molar-refractivity contribution in [2.24, 2.45) is 17.4 Å². The van der Waals surface area contributed by atoms with Gasteiger partial charge in [-0.1, -0.05) is 30.7 Å². The second-order valence-corrected chi connectivity index (χ2v) is 5.89. The van der Waals surface area contributed by atoms with Crippen LogP contribution in [0, 0.1) is 5.92 Å². The van der Waals surface area contributed by atoms with Crippen LogP contribution in [-0.2, 0) is 4.79 Å². The average molecular weight is 296 g/mol. The predicted molar refractivity (Wildman–Crippen MR) is 81.3 cm³/mol. The number of nitrogens with two attached hydrogens (primary N) is 2. The van der Waals surface area contributed by atoms with Crippen LogP contribution >= 0.6 is 11.6 Å². The number of carbonyl (C=O) groups excluding carboxylic acids is 1. The minimum Gasteiger partial charge on any atom is -0.369 e. The number of carbonyl (C=O) groups is 1. The lowest BCUT2D eigenvalue weighted by Crippen LogP contribution is -2.40. The van der Waals surface area contributed by atoms with E-state index in [9.17, 15) is 4.79 Å². The first-order chi connectivity index (χ1) is 9.52. The summed E-state index contributed by atoms with van der Waals surface area (Å²) in [5.41, 5.74) is 12.8. The Morgan fingerprint density at radius 3 is 2.85 bits per heavy atom. The second kappa shape index (κ2) is 6.57. The molecule has 0 aliphatic carbocycles. The van der Waals surface area contributed by atoms with E-state index in [-0.39, 0.29) is 23.9 Å². The molecular weight excluding hydrogens is 274 g/mol. The van der Waals surface area contributed by atoms with E-state index in [0.717, 1.165) is 24.9 Å². The number of halogens is 1. The topological polar surface area (TPSA) is 72.3 Å². The molecule has 20 heavy (non-hydrogen) atoms. The molecule has 0 spiro atoms. The van der Waals surface area contributed by atoms with Gasteiger partial charge in [0.1, 0.15) is 0 Å². The summed E-state index contributed by atoms with van der Waals surface area (Å²) in [6.07, 6.45) is 1.68. The Balaban J connectivity index is 2.23. The highest BCUT2D eigenvalue weighted by Crippen LogP contribution is 2.31. The van der Waals surface area contributed by atoms with E-state index in [0.29, 0.717) is 11.6 Å². The van der Waals surface area contributed by atoms with Gasteiger partial charge in [-0.05, 0) is 37.1 Å². The highest BCUT2D eigenvalue weighted by atomic mass is 35.5. The normalized spacial score (nSPS) is 22.6. The predicted octanol–water partition coefficient (Wildman–Crippen LogP) is 1.93. The average Bonchev–Trinajstić information content (AvgIpc) is 2.88. The molecule has 5 heteroatoms. The van der Waals surface area contributed by atoms with Crippen molar-refractivity contribution in [3.05, 3.63) is 34.9 Å². The Hall–Kier alpha value is -1.10. The highest BCUT2D eigenvalue weighted by Gasteiger charge is 2.34. The Bertz CT molecular complexity index is 480. The number of likely N-dealkylation sites (tertiary alicyclic amines) is 1. The van der Waals surface area contributed by atoms with E-state index >= 15 is 0 Å². The van der Waals surface area contributed by atoms with Gasteiger partial charge in [0.2, 0.25) is 5.91 Å². The highest BCUT2D eigenvalue weighted by molar-refractivity contribution is 6.30. The van der Waals surface area contributed by atoms with Gasteiger partial charge < -0.3 is 11.5 Å². The van der Waals surface area contributed by atoms with Crippen molar-refractivity contribution in [3.63, 3.8) is 0 Å². The fraction of sp³-hybridized carbons (Fsp3) is 0.533. The second-order valence-electron chi connectivity index (χ2n) is 5.45. The molecule has 2 rings (SSSR count). The van der Waals surface area contributed by atoms with Crippen LogP contribution in [0.5, 0.6) is 0 Å². The van der Waals surface area contributed by atoms with Crippen LogP contribution in [0.2, 0.25) is 5.02 Å². The Morgan fingerprint density at radius 2 is 2.30 bits per heavy atom. The van der Waals surface area contributed by atoms with Crippen LogP contribution in [0.4, 0.5) is 0 Å². The molecule has 1 aliphatic rings. The Morgan fingerprint density at radius 1 is 1.55 bits per heavy atom. The lowest BCUT2D eigenvalue weighted by Gasteiger charge is -2.32. The smallest absolute Gasteiger partial charge is 0.221 e. The van der Waals surface area contributed by atoms with Crippen LogP contribution in [0.1, 0.15) is 31.4 Å². The first kappa shape index (κ1) is 15.3. The van der Waals surface area contributed by atoms with E-state index in [1.54, 1.807) is 0 Å². The number of hydrogen-bond acceptors (Lipinski definition) is 3. The van der Waals surface area contributed by atoms with E-state index in [1.165, 1.54) is 0 Å². The SMILES string of the molecule is CCC(N)C(c1cccc(Cl)c1)N1CCC(C(N)=O)C1. The minimum atomic E-state index is -0.220. The molecule has 0 bridgehead atoms. The van der Waals surface area contributed by atoms with Crippen molar-refractivity contribution in [2.45, 2.75) is 31.8 Å². The van der Waals surface area contributed by atoms with Crippen LogP contribution < -0.4 is 11.5 Å². The molecular formula is C15H22ClN3O. The molecule has 0 radical (unpaired) electrons. The van der Waals surface area contributed by atoms with Gasteiger partial charge in [-0.3, -0.25) is 9.69 Å². The number of rotatable bonds is 5. The monoisotopic (exact) mass is 295 g/mol. The van der Waals surface area contributed by atoms with E-state index in [1.807, 2.05) is 24.3 Å². The van der Waals surface area contributed by atoms with Crippen LogP contribution in [0.15, 0.2) is 24.3 Å². The zero-order valence-electron chi connectivity index (χ0n) is 11.8. The third-order valence-electron chi connectivity index (χ3n) is 4.08. The van der Waals surface area contributed by atoms with Crippen LogP contribution in [-0.4, -0.2) is 29.9 Å². The maximum absolute atomic E-state index is 11.3. The molecule has 1 aromatic carbocycles. The summed E-state index contributed by atoms with van der Waals surface area (Å²) in [6, 6.07) is 7.90. The van der Waals surface area contributed by atoms with Crippen molar-refractivity contribution in [1.82, 2.24) is 4.90 Å². The van der Waals surface area contributed by atoms with Crippen molar-refractivity contribution in [3.8, 4) is 0 Å². The molecule has 1 amide bonds. The number of amides is 1. The molecule has 3 unspecified atom stereocenters. The molecule has 4 N–H and O–H groups in total. The minimum absolute atomic E-state index is 0.0140. The number of hydrogen-bond donors (Lipinski definition) is 2. The molecule has 1 heterocycles. The fourth-order valence-corrected chi connectivity index (χ4v) is 3.11. The van der Waals surface area contributed by atoms with Crippen molar-refractivity contribution < 1.29 is 4.79 Å². The molecule has 1 saturated heterocycles.